The fraction of sp³-hybridized carbons (Fsp3) is 0.900. The molecule has 0 aromatic rings. The SMILES string of the molecule is CN(C(=O)CN1CC(O)C1)C1CCS(=O)(=O)C1. The molecule has 6 nitrogen and oxygen atoms in total. The van der Waals surface area contributed by atoms with Gasteiger partial charge in [-0.05, 0) is 6.42 Å². The van der Waals surface area contributed by atoms with Crippen LogP contribution in [0.3, 0.4) is 0 Å². The first-order chi connectivity index (χ1) is 7.87. The zero-order valence-corrected chi connectivity index (χ0v) is 10.7. The van der Waals surface area contributed by atoms with Gasteiger partial charge in [0.15, 0.2) is 9.84 Å². The van der Waals surface area contributed by atoms with Gasteiger partial charge in [0, 0.05) is 26.2 Å². The van der Waals surface area contributed by atoms with Crippen molar-refractivity contribution in [2.75, 3.05) is 38.2 Å². The molecule has 0 aromatic heterocycles. The lowest BCUT2D eigenvalue weighted by atomic mass is 10.1. The quantitative estimate of drug-likeness (QED) is 0.656. The highest BCUT2D eigenvalue weighted by molar-refractivity contribution is 7.91. The van der Waals surface area contributed by atoms with Gasteiger partial charge in [-0.1, -0.05) is 0 Å². The van der Waals surface area contributed by atoms with Crippen molar-refractivity contribution in [3.05, 3.63) is 0 Å². The smallest absolute Gasteiger partial charge is 0.236 e. The van der Waals surface area contributed by atoms with Gasteiger partial charge in [0.1, 0.15) is 0 Å². The Morgan fingerprint density at radius 3 is 2.59 bits per heavy atom. The topological polar surface area (TPSA) is 77.9 Å². The Bertz CT molecular complexity index is 403. The van der Waals surface area contributed by atoms with Crippen LogP contribution in [0, 0.1) is 0 Å². The van der Waals surface area contributed by atoms with Crippen LogP contribution in [0.25, 0.3) is 0 Å². The predicted octanol–water partition coefficient (Wildman–Crippen LogP) is -1.69. The van der Waals surface area contributed by atoms with E-state index in [1.165, 1.54) is 4.90 Å². The van der Waals surface area contributed by atoms with Crippen molar-refractivity contribution in [2.24, 2.45) is 0 Å². The van der Waals surface area contributed by atoms with E-state index in [1.54, 1.807) is 7.05 Å². The molecule has 17 heavy (non-hydrogen) atoms. The van der Waals surface area contributed by atoms with E-state index in [9.17, 15) is 13.2 Å². The average Bonchev–Trinajstić information content (AvgIpc) is 2.55. The minimum atomic E-state index is -2.95. The predicted molar refractivity (Wildman–Crippen MR) is 62.3 cm³/mol. The molecule has 98 valence electrons. The van der Waals surface area contributed by atoms with Crippen LogP contribution in [0.5, 0.6) is 0 Å². The summed E-state index contributed by atoms with van der Waals surface area (Å²) in [6.07, 6.45) is 0.215. The zero-order valence-electron chi connectivity index (χ0n) is 9.87. The van der Waals surface area contributed by atoms with Crippen molar-refractivity contribution in [1.82, 2.24) is 9.80 Å². The molecule has 2 heterocycles. The fourth-order valence-electron chi connectivity index (χ4n) is 2.26. The van der Waals surface area contributed by atoms with Gasteiger partial charge >= 0.3 is 0 Å². The molecule has 0 aromatic carbocycles. The van der Waals surface area contributed by atoms with Crippen molar-refractivity contribution < 1.29 is 18.3 Å². The number of sulfone groups is 1. The van der Waals surface area contributed by atoms with Gasteiger partial charge in [0.05, 0.1) is 24.2 Å². The molecule has 0 spiro atoms. The molecule has 1 atom stereocenters. The van der Waals surface area contributed by atoms with E-state index < -0.39 is 9.84 Å². The maximum atomic E-state index is 11.9. The first-order valence-electron chi connectivity index (χ1n) is 5.74. The third kappa shape index (κ3) is 2.97. The summed E-state index contributed by atoms with van der Waals surface area (Å²) in [5.41, 5.74) is 0. The molecule has 2 aliphatic rings. The second kappa shape index (κ2) is 4.55. The summed E-state index contributed by atoms with van der Waals surface area (Å²) in [4.78, 5) is 15.2. The van der Waals surface area contributed by atoms with Crippen LogP contribution in [0.15, 0.2) is 0 Å². The van der Waals surface area contributed by atoms with E-state index in [1.807, 2.05) is 4.90 Å². The van der Waals surface area contributed by atoms with Crippen molar-refractivity contribution in [2.45, 2.75) is 18.6 Å². The molecule has 1 amide bonds. The number of carbonyl (C=O) groups excluding carboxylic acids is 1. The highest BCUT2D eigenvalue weighted by Crippen LogP contribution is 2.17. The number of nitrogens with zero attached hydrogens (tertiary/aromatic N) is 2. The largest absolute Gasteiger partial charge is 0.390 e. The van der Waals surface area contributed by atoms with E-state index in [0.29, 0.717) is 19.5 Å². The fourth-order valence-corrected chi connectivity index (χ4v) is 4.03. The van der Waals surface area contributed by atoms with Crippen molar-refractivity contribution in [3.63, 3.8) is 0 Å². The minimum Gasteiger partial charge on any atom is -0.390 e. The van der Waals surface area contributed by atoms with E-state index in [-0.39, 0.29) is 36.1 Å². The van der Waals surface area contributed by atoms with Gasteiger partial charge in [0.25, 0.3) is 0 Å². The van der Waals surface area contributed by atoms with Crippen LogP contribution in [-0.2, 0) is 14.6 Å². The maximum absolute atomic E-state index is 11.9. The monoisotopic (exact) mass is 262 g/mol. The number of aliphatic hydroxyl groups is 1. The number of aliphatic hydroxyl groups excluding tert-OH is 1. The Hall–Kier alpha value is -0.660. The van der Waals surface area contributed by atoms with Crippen LogP contribution in [0.1, 0.15) is 6.42 Å². The Balaban J connectivity index is 1.83. The third-order valence-electron chi connectivity index (χ3n) is 3.45. The maximum Gasteiger partial charge on any atom is 0.236 e. The lowest BCUT2D eigenvalue weighted by Crippen LogP contribution is -2.55. The number of likely N-dealkylation sites (tertiary alicyclic amines) is 1. The van der Waals surface area contributed by atoms with Gasteiger partial charge in [-0.25, -0.2) is 8.42 Å². The third-order valence-corrected chi connectivity index (χ3v) is 5.20. The first-order valence-corrected chi connectivity index (χ1v) is 7.56. The lowest BCUT2D eigenvalue weighted by Gasteiger charge is -2.36. The van der Waals surface area contributed by atoms with Crippen molar-refractivity contribution >= 4 is 15.7 Å². The normalized spacial score (nSPS) is 28.9. The summed E-state index contributed by atoms with van der Waals surface area (Å²) < 4.78 is 22.6. The van der Waals surface area contributed by atoms with Gasteiger partial charge in [-0.2, -0.15) is 0 Å². The first kappa shape index (κ1) is 12.8. The minimum absolute atomic E-state index is 0.0704. The molecule has 7 heteroatoms. The Morgan fingerprint density at radius 1 is 1.47 bits per heavy atom. The van der Waals surface area contributed by atoms with Crippen molar-refractivity contribution in [3.8, 4) is 0 Å². The van der Waals surface area contributed by atoms with Crippen LogP contribution in [0.4, 0.5) is 0 Å². The molecule has 1 unspecified atom stereocenters. The zero-order chi connectivity index (χ0) is 12.6. The van der Waals surface area contributed by atoms with Gasteiger partial charge in [-0.3, -0.25) is 9.69 Å². The number of β-amino-alcohol motifs (C(OH)–C–C–N with tert-alkyl or cyclic N) is 1. The van der Waals surface area contributed by atoms with Crippen LogP contribution >= 0.6 is 0 Å². The summed E-state index contributed by atoms with van der Waals surface area (Å²) in [6, 6.07) is -0.182. The number of hydrogen-bond donors (Lipinski definition) is 1. The molecule has 0 bridgehead atoms. The van der Waals surface area contributed by atoms with E-state index >= 15 is 0 Å². The molecule has 1 N–H and O–H groups in total. The molecular formula is C10H18N2O4S. The second-order valence-corrected chi connectivity index (χ2v) is 7.14. The highest BCUT2D eigenvalue weighted by Gasteiger charge is 2.34. The van der Waals surface area contributed by atoms with E-state index in [0.717, 1.165) is 0 Å². The highest BCUT2D eigenvalue weighted by atomic mass is 32.2. The van der Waals surface area contributed by atoms with E-state index in [2.05, 4.69) is 0 Å². The summed E-state index contributed by atoms with van der Waals surface area (Å²) >= 11 is 0. The van der Waals surface area contributed by atoms with Gasteiger partial charge in [-0.15, -0.1) is 0 Å². The molecule has 0 saturated carbocycles. The van der Waals surface area contributed by atoms with Crippen LogP contribution in [0.2, 0.25) is 0 Å². The number of hydrogen-bond acceptors (Lipinski definition) is 5. The van der Waals surface area contributed by atoms with Crippen LogP contribution in [-0.4, -0.2) is 79.6 Å². The molecule has 2 aliphatic heterocycles. The second-order valence-electron chi connectivity index (χ2n) is 4.91. The molecule has 2 saturated heterocycles. The Morgan fingerprint density at radius 2 is 2.12 bits per heavy atom. The standard InChI is InChI=1S/C10H18N2O4S/c1-11(8-2-3-17(15,16)7-8)10(14)6-12-4-9(13)5-12/h8-9,13H,2-7H2,1H3. The van der Waals surface area contributed by atoms with E-state index in [4.69, 9.17) is 5.11 Å². The number of carbonyl (C=O) groups is 1. The van der Waals surface area contributed by atoms with Gasteiger partial charge < -0.3 is 10.0 Å². The molecule has 2 fully saturated rings. The van der Waals surface area contributed by atoms with Crippen molar-refractivity contribution in [1.29, 1.82) is 0 Å². The molecule has 0 aliphatic carbocycles. The summed E-state index contributed by atoms with van der Waals surface area (Å²) in [6.45, 7) is 1.33. The number of rotatable bonds is 3. The summed E-state index contributed by atoms with van der Waals surface area (Å²) in [5, 5.41) is 9.10. The average molecular weight is 262 g/mol. The molecular weight excluding hydrogens is 244 g/mol. The Labute approximate surface area is 101 Å². The summed E-state index contributed by atoms with van der Waals surface area (Å²) in [5.74, 6) is 0.189. The number of likely N-dealkylation sites (N-methyl/N-ethyl adjacent to an activating group) is 1. The van der Waals surface area contributed by atoms with Gasteiger partial charge in [0.2, 0.25) is 5.91 Å². The summed E-state index contributed by atoms with van der Waals surface area (Å²) in [7, 11) is -1.29. The molecule has 2 rings (SSSR count). The van der Waals surface area contributed by atoms with Crippen LogP contribution < -0.4 is 0 Å². The molecule has 0 radical (unpaired) electrons. The Kier molecular flexibility index (Phi) is 3.42. The number of amides is 1. The lowest BCUT2D eigenvalue weighted by molar-refractivity contribution is -0.135.